The van der Waals surface area contributed by atoms with E-state index in [2.05, 4.69) is 0 Å². The Kier molecular flexibility index (Phi) is 6.17. The van der Waals surface area contributed by atoms with Crippen LogP contribution in [0.1, 0.15) is 36.0 Å². The summed E-state index contributed by atoms with van der Waals surface area (Å²) in [7, 11) is 0. The van der Waals surface area contributed by atoms with Crippen molar-refractivity contribution in [2.75, 3.05) is 19.7 Å². The summed E-state index contributed by atoms with van der Waals surface area (Å²) in [6.07, 6.45) is 2.57. The molecule has 1 aliphatic heterocycles. The number of carboxylic acids is 1. The predicted octanol–water partition coefficient (Wildman–Crippen LogP) is 1.27. The number of piperidine rings is 1. The maximum atomic E-state index is 12.6. The molecular weight excluding hydrogens is 312 g/mol. The third-order valence-electron chi connectivity index (χ3n) is 4.06. The lowest BCUT2D eigenvalue weighted by Crippen LogP contribution is -2.40. The Morgan fingerprint density at radius 2 is 1.96 bits per heavy atom. The fourth-order valence-corrected chi connectivity index (χ4v) is 2.84. The number of likely N-dealkylation sites (tertiary alicyclic amines) is 1. The molecule has 3 N–H and O–H groups in total. The highest BCUT2D eigenvalue weighted by Gasteiger charge is 2.24. The minimum absolute atomic E-state index is 0.0727. The van der Waals surface area contributed by atoms with E-state index in [0.717, 1.165) is 12.8 Å². The van der Waals surface area contributed by atoms with Crippen LogP contribution < -0.4 is 10.5 Å². The minimum atomic E-state index is -0.801. The Morgan fingerprint density at radius 3 is 2.58 bits per heavy atom. The Hall–Kier alpha value is -2.57. The summed E-state index contributed by atoms with van der Waals surface area (Å²) >= 11 is 0. The number of nitrogens with two attached hydrogens (primary N) is 1. The molecule has 130 valence electrons. The van der Waals surface area contributed by atoms with Crippen LogP contribution in [0.25, 0.3) is 0 Å². The lowest BCUT2D eigenvalue weighted by atomic mass is 9.93. The van der Waals surface area contributed by atoms with Crippen molar-refractivity contribution in [3.63, 3.8) is 0 Å². The Morgan fingerprint density at radius 1 is 1.25 bits per heavy atom. The molecule has 1 atom stereocenters. The van der Waals surface area contributed by atoms with Gasteiger partial charge in [0.2, 0.25) is 0 Å². The molecule has 1 unspecified atom stereocenters. The van der Waals surface area contributed by atoms with E-state index >= 15 is 0 Å². The van der Waals surface area contributed by atoms with Gasteiger partial charge in [0, 0.05) is 25.1 Å². The Balaban J connectivity index is 1.92. The third kappa shape index (κ3) is 5.26. The van der Waals surface area contributed by atoms with Gasteiger partial charge in [-0.2, -0.15) is 0 Å². The van der Waals surface area contributed by atoms with Crippen molar-refractivity contribution in [1.82, 2.24) is 4.90 Å². The first kappa shape index (κ1) is 17.8. The summed E-state index contributed by atoms with van der Waals surface area (Å²) in [6, 6.07) is 6.56. The summed E-state index contributed by atoms with van der Waals surface area (Å²) in [5.41, 5.74) is 5.55. The SMILES string of the molecule is NC(=O)COc1ccc(C(=O)N2CCCC(CCC(=O)O)C2)cc1. The highest BCUT2D eigenvalue weighted by molar-refractivity contribution is 5.94. The summed E-state index contributed by atoms with van der Waals surface area (Å²) in [4.78, 5) is 35.7. The average Bonchev–Trinajstić information content (AvgIpc) is 2.58. The lowest BCUT2D eigenvalue weighted by molar-refractivity contribution is -0.137. The van der Waals surface area contributed by atoms with Crippen molar-refractivity contribution in [2.24, 2.45) is 11.7 Å². The van der Waals surface area contributed by atoms with Crippen LogP contribution in [0.5, 0.6) is 5.75 Å². The van der Waals surface area contributed by atoms with E-state index in [1.54, 1.807) is 29.2 Å². The second-order valence-electron chi connectivity index (χ2n) is 5.97. The van der Waals surface area contributed by atoms with Gasteiger partial charge in [0.05, 0.1) is 0 Å². The molecular formula is C17H22N2O5. The molecule has 1 aromatic rings. The van der Waals surface area contributed by atoms with E-state index in [-0.39, 0.29) is 24.9 Å². The summed E-state index contributed by atoms with van der Waals surface area (Å²) in [6.45, 7) is 1.07. The van der Waals surface area contributed by atoms with E-state index in [9.17, 15) is 14.4 Å². The number of primary amides is 1. The molecule has 0 bridgehead atoms. The van der Waals surface area contributed by atoms with Gasteiger partial charge >= 0.3 is 5.97 Å². The Bertz CT molecular complexity index is 600. The first-order chi connectivity index (χ1) is 11.5. The van der Waals surface area contributed by atoms with Crippen LogP contribution in [0.3, 0.4) is 0 Å². The van der Waals surface area contributed by atoms with E-state index < -0.39 is 11.9 Å². The van der Waals surface area contributed by atoms with Crippen LogP contribution in [0, 0.1) is 5.92 Å². The quantitative estimate of drug-likeness (QED) is 0.780. The zero-order chi connectivity index (χ0) is 17.5. The van der Waals surface area contributed by atoms with Gasteiger partial charge in [0.15, 0.2) is 6.61 Å². The molecule has 7 nitrogen and oxygen atoms in total. The second kappa shape index (κ2) is 8.33. The molecule has 0 aromatic heterocycles. The molecule has 1 heterocycles. The van der Waals surface area contributed by atoms with Crippen molar-refractivity contribution in [3.8, 4) is 5.75 Å². The van der Waals surface area contributed by atoms with E-state index in [0.29, 0.717) is 30.8 Å². The van der Waals surface area contributed by atoms with Crippen LogP contribution in [-0.4, -0.2) is 47.5 Å². The normalized spacial score (nSPS) is 17.3. The minimum Gasteiger partial charge on any atom is -0.484 e. The van der Waals surface area contributed by atoms with E-state index in [1.807, 2.05) is 0 Å². The molecule has 0 saturated carbocycles. The number of rotatable bonds is 7. The first-order valence-electron chi connectivity index (χ1n) is 7.98. The van der Waals surface area contributed by atoms with Crippen molar-refractivity contribution in [3.05, 3.63) is 29.8 Å². The second-order valence-corrected chi connectivity index (χ2v) is 5.97. The van der Waals surface area contributed by atoms with Crippen molar-refractivity contribution >= 4 is 17.8 Å². The topological polar surface area (TPSA) is 110 Å². The molecule has 0 radical (unpaired) electrons. The largest absolute Gasteiger partial charge is 0.484 e. The number of hydrogen-bond acceptors (Lipinski definition) is 4. The molecule has 1 fully saturated rings. The number of nitrogens with zero attached hydrogens (tertiary/aromatic N) is 1. The molecule has 1 aliphatic rings. The maximum absolute atomic E-state index is 12.6. The highest BCUT2D eigenvalue weighted by atomic mass is 16.5. The molecule has 0 aliphatic carbocycles. The number of carbonyl (C=O) groups excluding carboxylic acids is 2. The van der Waals surface area contributed by atoms with E-state index in [1.165, 1.54) is 0 Å². The van der Waals surface area contributed by atoms with Gasteiger partial charge in [-0.1, -0.05) is 0 Å². The van der Waals surface area contributed by atoms with Gasteiger partial charge in [0.1, 0.15) is 5.75 Å². The van der Waals surface area contributed by atoms with Gasteiger partial charge in [-0.15, -0.1) is 0 Å². The predicted molar refractivity (Wildman–Crippen MR) is 86.6 cm³/mol. The third-order valence-corrected chi connectivity index (χ3v) is 4.06. The number of aliphatic carboxylic acids is 1. The number of carbonyl (C=O) groups is 3. The van der Waals surface area contributed by atoms with Crippen LogP contribution in [0.15, 0.2) is 24.3 Å². The zero-order valence-corrected chi connectivity index (χ0v) is 13.4. The highest BCUT2D eigenvalue weighted by Crippen LogP contribution is 2.23. The van der Waals surface area contributed by atoms with Gasteiger partial charge < -0.3 is 20.5 Å². The molecule has 2 rings (SSSR count). The van der Waals surface area contributed by atoms with Gasteiger partial charge in [0.25, 0.3) is 11.8 Å². The summed E-state index contributed by atoms with van der Waals surface area (Å²) in [5, 5.41) is 8.78. The standard InChI is InChI=1S/C17H22N2O5/c18-15(20)11-24-14-6-4-13(5-7-14)17(23)19-9-1-2-12(10-19)3-8-16(21)22/h4-7,12H,1-3,8-11H2,(H2,18,20)(H,21,22). The lowest BCUT2D eigenvalue weighted by Gasteiger charge is -2.32. The molecule has 7 heteroatoms. The maximum Gasteiger partial charge on any atom is 0.303 e. The molecule has 0 spiro atoms. The first-order valence-corrected chi connectivity index (χ1v) is 7.98. The monoisotopic (exact) mass is 334 g/mol. The number of carboxylic acid groups (broad SMARTS) is 1. The van der Waals surface area contributed by atoms with Crippen molar-refractivity contribution < 1.29 is 24.2 Å². The number of amides is 2. The smallest absolute Gasteiger partial charge is 0.303 e. The number of hydrogen-bond donors (Lipinski definition) is 2. The van der Waals surface area contributed by atoms with E-state index in [4.69, 9.17) is 15.6 Å². The van der Waals surface area contributed by atoms with Crippen LogP contribution in [0.2, 0.25) is 0 Å². The summed E-state index contributed by atoms with van der Waals surface area (Å²) < 4.78 is 5.16. The zero-order valence-electron chi connectivity index (χ0n) is 13.4. The number of benzene rings is 1. The van der Waals surface area contributed by atoms with Gasteiger partial charge in [-0.05, 0) is 49.4 Å². The van der Waals surface area contributed by atoms with Crippen molar-refractivity contribution in [1.29, 1.82) is 0 Å². The summed E-state index contributed by atoms with van der Waals surface area (Å²) in [5.74, 6) is -0.724. The Labute approximate surface area is 140 Å². The fourth-order valence-electron chi connectivity index (χ4n) is 2.84. The van der Waals surface area contributed by atoms with Crippen LogP contribution in [-0.2, 0) is 9.59 Å². The molecule has 1 saturated heterocycles. The molecule has 1 aromatic carbocycles. The van der Waals surface area contributed by atoms with Crippen LogP contribution in [0.4, 0.5) is 0 Å². The molecule has 2 amide bonds. The van der Waals surface area contributed by atoms with Gasteiger partial charge in [-0.25, -0.2) is 0 Å². The number of ether oxygens (including phenoxy) is 1. The molecule has 24 heavy (non-hydrogen) atoms. The van der Waals surface area contributed by atoms with Crippen LogP contribution >= 0.6 is 0 Å². The van der Waals surface area contributed by atoms with Crippen molar-refractivity contribution in [2.45, 2.75) is 25.7 Å². The fraction of sp³-hybridized carbons (Fsp3) is 0.471. The average molecular weight is 334 g/mol. The van der Waals surface area contributed by atoms with Gasteiger partial charge in [-0.3, -0.25) is 14.4 Å².